The van der Waals surface area contributed by atoms with Gasteiger partial charge < -0.3 is 15.0 Å². The molecule has 5 nitrogen and oxygen atoms in total. The Morgan fingerprint density at radius 3 is 2.39 bits per heavy atom. The lowest BCUT2D eigenvalue weighted by molar-refractivity contribution is -0.139. The fourth-order valence-electron chi connectivity index (χ4n) is 3.37. The Labute approximate surface area is 190 Å². The first kappa shape index (κ1) is 24.8. The SMILES string of the molecule is CC[C@H](C(=O)NC(C)C)N(Cc1ccc(OC)cc1)C(=O)CSCc1cccc(C)c1. The minimum atomic E-state index is -0.503. The van der Waals surface area contributed by atoms with E-state index in [9.17, 15) is 9.59 Å². The quantitative estimate of drug-likeness (QED) is 0.554. The molecule has 0 saturated heterocycles. The minimum absolute atomic E-state index is 0.0233. The third-order valence-corrected chi connectivity index (χ3v) is 5.89. The third kappa shape index (κ3) is 7.94. The lowest BCUT2D eigenvalue weighted by Gasteiger charge is -2.31. The van der Waals surface area contributed by atoms with Crippen molar-refractivity contribution in [2.24, 2.45) is 0 Å². The molecule has 0 aliphatic carbocycles. The summed E-state index contributed by atoms with van der Waals surface area (Å²) in [4.78, 5) is 27.8. The highest BCUT2D eigenvalue weighted by Gasteiger charge is 2.28. The van der Waals surface area contributed by atoms with E-state index in [1.54, 1.807) is 23.8 Å². The Kier molecular flexibility index (Phi) is 9.92. The summed E-state index contributed by atoms with van der Waals surface area (Å²) in [5.74, 6) is 1.72. The first-order valence-electron chi connectivity index (χ1n) is 10.7. The zero-order chi connectivity index (χ0) is 22.8. The van der Waals surface area contributed by atoms with Gasteiger partial charge >= 0.3 is 0 Å². The zero-order valence-electron chi connectivity index (χ0n) is 19.2. The molecule has 0 fully saturated rings. The molecule has 31 heavy (non-hydrogen) atoms. The van der Waals surface area contributed by atoms with Gasteiger partial charge in [-0.2, -0.15) is 0 Å². The van der Waals surface area contributed by atoms with E-state index in [0.717, 1.165) is 17.1 Å². The van der Waals surface area contributed by atoms with Gasteiger partial charge in [0.25, 0.3) is 0 Å². The number of hydrogen-bond acceptors (Lipinski definition) is 4. The van der Waals surface area contributed by atoms with Crippen molar-refractivity contribution in [3.8, 4) is 5.75 Å². The summed E-state index contributed by atoms with van der Waals surface area (Å²) in [5, 5.41) is 2.96. The van der Waals surface area contributed by atoms with E-state index < -0.39 is 6.04 Å². The molecule has 168 valence electrons. The van der Waals surface area contributed by atoms with E-state index in [0.29, 0.717) is 18.7 Å². The van der Waals surface area contributed by atoms with Crippen LogP contribution < -0.4 is 10.1 Å². The van der Waals surface area contributed by atoms with Gasteiger partial charge in [0, 0.05) is 18.3 Å². The van der Waals surface area contributed by atoms with Crippen LogP contribution in [0.1, 0.15) is 43.9 Å². The van der Waals surface area contributed by atoms with Gasteiger partial charge in [0.15, 0.2) is 0 Å². The highest BCUT2D eigenvalue weighted by atomic mass is 32.2. The van der Waals surface area contributed by atoms with Crippen LogP contribution in [0.15, 0.2) is 48.5 Å². The fourth-order valence-corrected chi connectivity index (χ4v) is 4.23. The van der Waals surface area contributed by atoms with E-state index in [-0.39, 0.29) is 17.9 Å². The Morgan fingerprint density at radius 2 is 1.81 bits per heavy atom. The summed E-state index contributed by atoms with van der Waals surface area (Å²) >= 11 is 1.58. The first-order valence-corrected chi connectivity index (χ1v) is 11.9. The number of ether oxygens (including phenoxy) is 1. The predicted octanol–water partition coefficient (Wildman–Crippen LogP) is 4.57. The molecule has 0 aromatic heterocycles. The molecule has 0 aliphatic rings. The lowest BCUT2D eigenvalue weighted by atomic mass is 10.1. The second-order valence-corrected chi connectivity index (χ2v) is 8.92. The van der Waals surface area contributed by atoms with Crippen molar-refractivity contribution in [1.29, 1.82) is 0 Å². The van der Waals surface area contributed by atoms with Crippen LogP contribution in [0.25, 0.3) is 0 Å². The molecule has 0 unspecified atom stereocenters. The summed E-state index contributed by atoms with van der Waals surface area (Å²) in [7, 11) is 1.62. The number of amides is 2. The molecule has 1 atom stereocenters. The second-order valence-electron chi connectivity index (χ2n) is 7.94. The molecule has 1 N–H and O–H groups in total. The number of hydrogen-bond donors (Lipinski definition) is 1. The Balaban J connectivity index is 2.13. The normalized spacial score (nSPS) is 11.8. The van der Waals surface area contributed by atoms with Gasteiger partial charge in [0.05, 0.1) is 12.9 Å². The molecule has 2 aromatic carbocycles. The molecular weight excluding hydrogens is 408 g/mol. The molecule has 2 aromatic rings. The summed E-state index contributed by atoms with van der Waals surface area (Å²) in [5.41, 5.74) is 3.37. The summed E-state index contributed by atoms with van der Waals surface area (Å²) in [6, 6.07) is 15.5. The number of carbonyl (C=O) groups is 2. The molecule has 0 spiro atoms. The highest BCUT2D eigenvalue weighted by Crippen LogP contribution is 2.19. The monoisotopic (exact) mass is 442 g/mol. The Morgan fingerprint density at radius 1 is 1.10 bits per heavy atom. The summed E-state index contributed by atoms with van der Waals surface area (Å²) < 4.78 is 5.23. The number of benzene rings is 2. The van der Waals surface area contributed by atoms with Crippen LogP contribution in [0, 0.1) is 6.92 Å². The molecule has 2 amide bonds. The van der Waals surface area contributed by atoms with Gasteiger partial charge in [-0.1, -0.05) is 48.9 Å². The molecule has 2 rings (SSSR count). The van der Waals surface area contributed by atoms with E-state index in [1.165, 1.54) is 11.1 Å². The van der Waals surface area contributed by atoms with Crippen LogP contribution in [-0.4, -0.2) is 41.7 Å². The number of rotatable bonds is 11. The number of aryl methyl sites for hydroxylation is 1. The average molecular weight is 443 g/mol. The largest absolute Gasteiger partial charge is 0.497 e. The standard InChI is InChI=1S/C25H34N2O3S/c1-6-23(25(29)26-18(2)3)27(15-20-10-12-22(30-5)13-11-20)24(28)17-31-16-21-9-7-8-19(4)14-21/h7-14,18,23H,6,15-17H2,1-5H3,(H,26,29)/t23-/m1/s1. The summed E-state index contributed by atoms with van der Waals surface area (Å²) in [6.07, 6.45) is 0.559. The van der Waals surface area contributed by atoms with Crippen LogP contribution in [0.4, 0.5) is 0 Å². The van der Waals surface area contributed by atoms with Gasteiger partial charge in [-0.3, -0.25) is 9.59 Å². The van der Waals surface area contributed by atoms with Crippen molar-refractivity contribution in [1.82, 2.24) is 10.2 Å². The molecule has 0 bridgehead atoms. The van der Waals surface area contributed by atoms with Crippen LogP contribution in [0.2, 0.25) is 0 Å². The van der Waals surface area contributed by atoms with Crippen molar-refractivity contribution in [3.05, 3.63) is 65.2 Å². The first-order chi connectivity index (χ1) is 14.8. The average Bonchev–Trinajstić information content (AvgIpc) is 2.73. The van der Waals surface area contributed by atoms with Crippen molar-refractivity contribution >= 4 is 23.6 Å². The topological polar surface area (TPSA) is 58.6 Å². The van der Waals surface area contributed by atoms with Crippen LogP contribution >= 0.6 is 11.8 Å². The molecule has 0 aliphatic heterocycles. The van der Waals surface area contributed by atoms with Gasteiger partial charge in [-0.05, 0) is 50.5 Å². The number of nitrogens with zero attached hydrogens (tertiary/aromatic N) is 1. The molecule has 0 saturated carbocycles. The van der Waals surface area contributed by atoms with E-state index in [2.05, 4.69) is 30.4 Å². The van der Waals surface area contributed by atoms with E-state index in [1.807, 2.05) is 51.1 Å². The lowest BCUT2D eigenvalue weighted by Crippen LogP contribution is -2.50. The molecule has 0 radical (unpaired) electrons. The molecule has 0 heterocycles. The second kappa shape index (κ2) is 12.4. The number of thioether (sulfide) groups is 1. The molecule has 6 heteroatoms. The van der Waals surface area contributed by atoms with Gasteiger partial charge in [-0.25, -0.2) is 0 Å². The van der Waals surface area contributed by atoms with Crippen molar-refractivity contribution in [3.63, 3.8) is 0 Å². The molecular formula is C25H34N2O3S. The van der Waals surface area contributed by atoms with Gasteiger partial charge in [-0.15, -0.1) is 11.8 Å². The summed E-state index contributed by atoms with van der Waals surface area (Å²) in [6.45, 7) is 8.25. The maximum Gasteiger partial charge on any atom is 0.243 e. The van der Waals surface area contributed by atoms with Crippen molar-refractivity contribution in [2.45, 2.75) is 58.5 Å². The predicted molar refractivity (Wildman–Crippen MR) is 128 cm³/mol. The maximum absolute atomic E-state index is 13.2. The van der Waals surface area contributed by atoms with Crippen molar-refractivity contribution in [2.75, 3.05) is 12.9 Å². The number of nitrogens with one attached hydrogen (secondary N) is 1. The van der Waals surface area contributed by atoms with Crippen molar-refractivity contribution < 1.29 is 14.3 Å². The Bertz CT molecular complexity index is 852. The third-order valence-electron chi connectivity index (χ3n) is 4.91. The maximum atomic E-state index is 13.2. The van der Waals surface area contributed by atoms with Gasteiger partial charge in [0.1, 0.15) is 11.8 Å². The van der Waals surface area contributed by atoms with Crippen LogP contribution in [0.5, 0.6) is 5.75 Å². The number of methoxy groups -OCH3 is 1. The number of carbonyl (C=O) groups excluding carboxylic acids is 2. The zero-order valence-corrected chi connectivity index (χ0v) is 20.0. The minimum Gasteiger partial charge on any atom is -0.497 e. The van der Waals surface area contributed by atoms with Crippen LogP contribution in [0.3, 0.4) is 0 Å². The highest BCUT2D eigenvalue weighted by molar-refractivity contribution is 7.99. The van der Waals surface area contributed by atoms with Gasteiger partial charge in [0.2, 0.25) is 11.8 Å². The Hall–Kier alpha value is -2.47. The van der Waals surface area contributed by atoms with E-state index >= 15 is 0 Å². The van der Waals surface area contributed by atoms with E-state index in [4.69, 9.17) is 4.74 Å². The fraction of sp³-hybridized carbons (Fsp3) is 0.440. The van der Waals surface area contributed by atoms with Crippen LogP contribution in [-0.2, 0) is 21.9 Å². The smallest absolute Gasteiger partial charge is 0.243 e.